The summed E-state index contributed by atoms with van der Waals surface area (Å²) in [5.74, 6) is 0.688. The molecule has 1 aromatic heterocycles. The molecule has 0 saturated heterocycles. The first kappa shape index (κ1) is 14.5. The standard InChI is InChI=1S/C16H27N3/c1-13(2)10-17-11-14-6-4-7-15(18-14)12-19(3)16-8-5-9-16/h4,6-7,13,16-17H,5,8-12H2,1-3H3. The molecular weight excluding hydrogens is 234 g/mol. The van der Waals surface area contributed by atoms with Crippen molar-refractivity contribution < 1.29 is 0 Å². The molecule has 1 saturated carbocycles. The molecule has 106 valence electrons. The number of rotatable bonds is 7. The minimum absolute atomic E-state index is 0.688. The highest BCUT2D eigenvalue weighted by atomic mass is 15.1. The van der Waals surface area contributed by atoms with Gasteiger partial charge in [0, 0.05) is 19.1 Å². The van der Waals surface area contributed by atoms with Gasteiger partial charge in [0.15, 0.2) is 0 Å². The fourth-order valence-corrected chi connectivity index (χ4v) is 2.42. The summed E-state index contributed by atoms with van der Waals surface area (Å²) in [6.07, 6.45) is 4.10. The predicted molar refractivity (Wildman–Crippen MR) is 79.9 cm³/mol. The third-order valence-electron chi connectivity index (χ3n) is 3.83. The fourth-order valence-electron chi connectivity index (χ4n) is 2.42. The molecule has 3 heteroatoms. The Hall–Kier alpha value is -0.930. The largest absolute Gasteiger partial charge is 0.311 e. The van der Waals surface area contributed by atoms with Gasteiger partial charge in [-0.15, -0.1) is 0 Å². The molecule has 0 unspecified atom stereocenters. The molecule has 0 aromatic carbocycles. The van der Waals surface area contributed by atoms with Crippen molar-refractivity contribution in [3.05, 3.63) is 29.6 Å². The monoisotopic (exact) mass is 261 g/mol. The highest BCUT2D eigenvalue weighted by Gasteiger charge is 2.21. The Morgan fingerprint density at radius 2 is 2.05 bits per heavy atom. The number of pyridine rings is 1. The molecule has 1 aliphatic rings. The van der Waals surface area contributed by atoms with Crippen molar-refractivity contribution in [3.8, 4) is 0 Å². The maximum absolute atomic E-state index is 4.75. The molecule has 1 aliphatic carbocycles. The lowest BCUT2D eigenvalue weighted by molar-refractivity contribution is 0.151. The molecule has 0 atom stereocenters. The number of nitrogens with zero attached hydrogens (tertiary/aromatic N) is 2. The second kappa shape index (κ2) is 7.01. The number of hydrogen-bond acceptors (Lipinski definition) is 3. The SMILES string of the molecule is CC(C)CNCc1cccc(CN(C)C2CCC2)n1. The maximum atomic E-state index is 4.75. The van der Waals surface area contributed by atoms with Gasteiger partial charge in [0.25, 0.3) is 0 Å². The van der Waals surface area contributed by atoms with E-state index in [2.05, 4.69) is 49.3 Å². The van der Waals surface area contributed by atoms with Crippen molar-refractivity contribution in [2.24, 2.45) is 5.92 Å². The lowest BCUT2D eigenvalue weighted by Crippen LogP contribution is -2.36. The summed E-state index contributed by atoms with van der Waals surface area (Å²) in [6.45, 7) is 7.35. The van der Waals surface area contributed by atoms with Crippen LogP contribution in [-0.4, -0.2) is 29.5 Å². The summed E-state index contributed by atoms with van der Waals surface area (Å²) in [4.78, 5) is 7.19. The van der Waals surface area contributed by atoms with Gasteiger partial charge in [0.2, 0.25) is 0 Å². The zero-order valence-electron chi connectivity index (χ0n) is 12.5. The highest BCUT2D eigenvalue weighted by molar-refractivity contribution is 5.11. The van der Waals surface area contributed by atoms with Crippen LogP contribution in [0, 0.1) is 5.92 Å². The quantitative estimate of drug-likeness (QED) is 0.818. The van der Waals surface area contributed by atoms with Gasteiger partial charge in [0.05, 0.1) is 11.4 Å². The maximum Gasteiger partial charge on any atom is 0.0547 e. The van der Waals surface area contributed by atoms with Gasteiger partial charge in [-0.05, 0) is 44.5 Å². The van der Waals surface area contributed by atoms with E-state index in [4.69, 9.17) is 4.98 Å². The molecule has 3 nitrogen and oxygen atoms in total. The van der Waals surface area contributed by atoms with Gasteiger partial charge in [-0.1, -0.05) is 26.3 Å². The number of nitrogens with one attached hydrogen (secondary N) is 1. The first-order valence-electron chi connectivity index (χ1n) is 7.51. The van der Waals surface area contributed by atoms with Crippen LogP contribution in [-0.2, 0) is 13.1 Å². The molecule has 0 spiro atoms. The molecule has 19 heavy (non-hydrogen) atoms. The molecule has 1 aromatic rings. The van der Waals surface area contributed by atoms with Crippen molar-refractivity contribution in [3.63, 3.8) is 0 Å². The smallest absolute Gasteiger partial charge is 0.0547 e. The van der Waals surface area contributed by atoms with E-state index in [1.165, 1.54) is 25.0 Å². The first-order chi connectivity index (χ1) is 9.15. The molecule has 1 fully saturated rings. The van der Waals surface area contributed by atoms with Gasteiger partial charge in [-0.2, -0.15) is 0 Å². The Balaban J connectivity index is 1.83. The van der Waals surface area contributed by atoms with Crippen LogP contribution in [0.15, 0.2) is 18.2 Å². The van der Waals surface area contributed by atoms with Crippen LogP contribution in [0.25, 0.3) is 0 Å². The molecule has 0 bridgehead atoms. The predicted octanol–water partition coefficient (Wildman–Crippen LogP) is 2.81. The van der Waals surface area contributed by atoms with Crippen molar-refractivity contribution in [1.82, 2.24) is 15.2 Å². The zero-order valence-corrected chi connectivity index (χ0v) is 12.5. The van der Waals surface area contributed by atoms with Crippen LogP contribution in [0.5, 0.6) is 0 Å². The van der Waals surface area contributed by atoms with E-state index in [9.17, 15) is 0 Å². The van der Waals surface area contributed by atoms with E-state index < -0.39 is 0 Å². The summed E-state index contributed by atoms with van der Waals surface area (Å²) in [7, 11) is 2.22. The molecule has 1 N–H and O–H groups in total. The average Bonchev–Trinajstić information content (AvgIpc) is 2.26. The summed E-state index contributed by atoms with van der Waals surface area (Å²) < 4.78 is 0. The zero-order chi connectivity index (χ0) is 13.7. The third kappa shape index (κ3) is 4.59. The van der Waals surface area contributed by atoms with Crippen LogP contribution in [0.4, 0.5) is 0 Å². The summed E-state index contributed by atoms with van der Waals surface area (Å²) in [6, 6.07) is 7.16. The van der Waals surface area contributed by atoms with E-state index in [0.29, 0.717) is 5.92 Å². The first-order valence-corrected chi connectivity index (χ1v) is 7.51. The topological polar surface area (TPSA) is 28.2 Å². The van der Waals surface area contributed by atoms with Crippen molar-refractivity contribution in [2.75, 3.05) is 13.6 Å². The summed E-state index contributed by atoms with van der Waals surface area (Å²) in [5, 5.41) is 3.45. The van der Waals surface area contributed by atoms with E-state index in [1.54, 1.807) is 0 Å². The van der Waals surface area contributed by atoms with Gasteiger partial charge >= 0.3 is 0 Å². The summed E-state index contributed by atoms with van der Waals surface area (Å²) in [5.41, 5.74) is 2.35. The number of hydrogen-bond donors (Lipinski definition) is 1. The molecule has 2 rings (SSSR count). The van der Waals surface area contributed by atoms with Crippen LogP contribution in [0.2, 0.25) is 0 Å². The van der Waals surface area contributed by atoms with Crippen LogP contribution >= 0.6 is 0 Å². The van der Waals surface area contributed by atoms with Crippen molar-refractivity contribution in [1.29, 1.82) is 0 Å². The van der Waals surface area contributed by atoms with Gasteiger partial charge in [-0.3, -0.25) is 9.88 Å². The molecule has 0 radical (unpaired) electrons. The van der Waals surface area contributed by atoms with Gasteiger partial charge < -0.3 is 5.32 Å². The number of aromatic nitrogens is 1. The second-order valence-electron chi connectivity index (χ2n) is 6.14. The Bertz CT molecular complexity index is 385. The van der Waals surface area contributed by atoms with E-state index in [0.717, 1.165) is 31.4 Å². The molecule has 0 amide bonds. The van der Waals surface area contributed by atoms with Crippen molar-refractivity contribution >= 4 is 0 Å². The molecule has 0 aliphatic heterocycles. The Morgan fingerprint density at radius 1 is 1.32 bits per heavy atom. The van der Waals surface area contributed by atoms with Crippen LogP contribution < -0.4 is 5.32 Å². The van der Waals surface area contributed by atoms with Crippen LogP contribution in [0.1, 0.15) is 44.5 Å². The lowest BCUT2D eigenvalue weighted by atomic mass is 9.92. The minimum atomic E-state index is 0.688. The Morgan fingerprint density at radius 3 is 2.68 bits per heavy atom. The van der Waals surface area contributed by atoms with Crippen LogP contribution in [0.3, 0.4) is 0 Å². The minimum Gasteiger partial charge on any atom is -0.311 e. The van der Waals surface area contributed by atoms with E-state index in [1.807, 2.05) is 0 Å². The van der Waals surface area contributed by atoms with Crippen molar-refractivity contribution in [2.45, 2.75) is 52.2 Å². The lowest BCUT2D eigenvalue weighted by Gasteiger charge is -2.34. The average molecular weight is 261 g/mol. The third-order valence-corrected chi connectivity index (χ3v) is 3.83. The highest BCUT2D eigenvalue weighted by Crippen LogP contribution is 2.24. The normalized spacial score (nSPS) is 16.1. The van der Waals surface area contributed by atoms with Gasteiger partial charge in [-0.25, -0.2) is 0 Å². The fraction of sp³-hybridized carbons (Fsp3) is 0.688. The Kier molecular flexibility index (Phi) is 5.34. The van der Waals surface area contributed by atoms with Gasteiger partial charge in [0.1, 0.15) is 0 Å². The van der Waals surface area contributed by atoms with E-state index >= 15 is 0 Å². The second-order valence-corrected chi connectivity index (χ2v) is 6.14. The summed E-state index contributed by atoms with van der Waals surface area (Å²) >= 11 is 0. The Labute approximate surface area is 117 Å². The molecular formula is C16H27N3. The molecule has 1 heterocycles. The van der Waals surface area contributed by atoms with E-state index in [-0.39, 0.29) is 0 Å².